The number of nitrogens with zero attached hydrogens (tertiary/aromatic N) is 3. The number of morpholine rings is 1. The molecule has 2 aromatic heterocycles. The lowest BCUT2D eigenvalue weighted by Gasteiger charge is -2.31. The Labute approximate surface area is 141 Å². The molecule has 2 aromatic rings. The first-order valence-corrected chi connectivity index (χ1v) is 8.93. The van der Waals surface area contributed by atoms with Crippen LogP contribution in [-0.4, -0.2) is 34.6 Å². The van der Waals surface area contributed by atoms with Crippen molar-refractivity contribution in [2.24, 2.45) is 0 Å². The van der Waals surface area contributed by atoms with Gasteiger partial charge >= 0.3 is 0 Å². The van der Waals surface area contributed by atoms with E-state index in [2.05, 4.69) is 36.0 Å². The molecule has 0 spiro atoms. The van der Waals surface area contributed by atoms with Crippen molar-refractivity contribution in [3.8, 4) is 0 Å². The zero-order valence-electron chi connectivity index (χ0n) is 14.5. The van der Waals surface area contributed by atoms with E-state index in [1.165, 1.54) is 0 Å². The maximum atomic E-state index is 5.94. The molecule has 5 nitrogen and oxygen atoms in total. The van der Waals surface area contributed by atoms with E-state index in [1.54, 1.807) is 11.3 Å². The predicted octanol–water partition coefficient (Wildman–Crippen LogP) is 3.62. The molecule has 1 fully saturated rings. The summed E-state index contributed by atoms with van der Waals surface area (Å²) in [4.78, 5) is 11.6. The van der Waals surface area contributed by atoms with Crippen LogP contribution in [0.15, 0.2) is 9.80 Å². The summed E-state index contributed by atoms with van der Waals surface area (Å²) in [6, 6.07) is 0. The number of rotatable bonds is 3. The lowest BCUT2D eigenvalue weighted by atomic mass is 9.93. The Balaban J connectivity index is 1.67. The third kappa shape index (κ3) is 3.82. The van der Waals surface area contributed by atoms with Crippen LogP contribution in [0.5, 0.6) is 0 Å². The van der Waals surface area contributed by atoms with Gasteiger partial charge in [0.25, 0.3) is 0 Å². The molecule has 1 aliphatic rings. The van der Waals surface area contributed by atoms with Crippen molar-refractivity contribution in [3.05, 3.63) is 33.4 Å². The van der Waals surface area contributed by atoms with E-state index in [9.17, 15) is 0 Å². The number of aryl methyl sites for hydroxylation is 2. The summed E-state index contributed by atoms with van der Waals surface area (Å²) in [6.45, 7) is 13.7. The molecule has 6 heteroatoms. The lowest BCUT2D eigenvalue weighted by Crippen LogP contribution is -2.37. The molecule has 1 unspecified atom stereocenters. The predicted molar refractivity (Wildman–Crippen MR) is 90.8 cm³/mol. The molecule has 3 rings (SSSR count). The highest BCUT2D eigenvalue weighted by Crippen LogP contribution is 2.30. The largest absolute Gasteiger partial charge is 0.444 e. The van der Waals surface area contributed by atoms with Gasteiger partial charge in [0.2, 0.25) is 5.89 Å². The highest BCUT2D eigenvalue weighted by atomic mass is 32.1. The number of aromatic nitrogens is 2. The molecule has 0 amide bonds. The van der Waals surface area contributed by atoms with Gasteiger partial charge < -0.3 is 9.15 Å². The van der Waals surface area contributed by atoms with Crippen LogP contribution in [0.3, 0.4) is 0 Å². The summed E-state index contributed by atoms with van der Waals surface area (Å²) in [5.41, 5.74) is 2.19. The molecule has 0 aliphatic carbocycles. The second-order valence-electron chi connectivity index (χ2n) is 7.16. The second-order valence-corrected chi connectivity index (χ2v) is 8.05. The van der Waals surface area contributed by atoms with Crippen LogP contribution < -0.4 is 0 Å². The standard InChI is InChI=1S/C17H25N3O2S/c1-11-12(2)22-15(18-11)9-20-6-7-21-13(8-20)16-19-14(10-23-16)17(3,4)5/h10,13H,6-9H2,1-5H3. The minimum absolute atomic E-state index is 0.0435. The van der Waals surface area contributed by atoms with Crippen LogP contribution in [0.4, 0.5) is 0 Å². The van der Waals surface area contributed by atoms with Gasteiger partial charge in [-0.1, -0.05) is 20.8 Å². The minimum Gasteiger partial charge on any atom is -0.444 e. The van der Waals surface area contributed by atoms with Gasteiger partial charge in [0.1, 0.15) is 16.9 Å². The number of ether oxygens (including phenoxy) is 1. The smallest absolute Gasteiger partial charge is 0.208 e. The Bertz CT molecular complexity index is 652. The van der Waals surface area contributed by atoms with Crippen molar-refractivity contribution in [2.75, 3.05) is 19.7 Å². The Morgan fingerprint density at radius 1 is 1.30 bits per heavy atom. The van der Waals surface area contributed by atoms with Gasteiger partial charge in [-0.2, -0.15) is 0 Å². The Kier molecular flexibility index (Phi) is 4.58. The van der Waals surface area contributed by atoms with Crippen molar-refractivity contribution in [1.82, 2.24) is 14.9 Å². The van der Waals surface area contributed by atoms with Crippen LogP contribution in [0, 0.1) is 13.8 Å². The molecular formula is C17H25N3O2S. The molecule has 126 valence electrons. The average Bonchev–Trinajstić information content (AvgIpc) is 3.07. The van der Waals surface area contributed by atoms with Crippen molar-refractivity contribution >= 4 is 11.3 Å². The van der Waals surface area contributed by atoms with Gasteiger partial charge in [0, 0.05) is 23.9 Å². The Morgan fingerprint density at radius 3 is 2.70 bits per heavy atom. The quantitative estimate of drug-likeness (QED) is 0.857. The highest BCUT2D eigenvalue weighted by Gasteiger charge is 2.27. The maximum absolute atomic E-state index is 5.94. The molecule has 3 heterocycles. The maximum Gasteiger partial charge on any atom is 0.208 e. The topological polar surface area (TPSA) is 51.4 Å². The van der Waals surface area contributed by atoms with Gasteiger partial charge in [-0.3, -0.25) is 4.90 Å². The molecule has 0 radical (unpaired) electrons. The molecule has 0 saturated carbocycles. The first kappa shape index (κ1) is 16.6. The minimum atomic E-state index is 0.0435. The monoisotopic (exact) mass is 335 g/mol. The fourth-order valence-electron chi connectivity index (χ4n) is 2.57. The Morgan fingerprint density at radius 2 is 2.09 bits per heavy atom. The first-order valence-electron chi connectivity index (χ1n) is 8.05. The summed E-state index contributed by atoms with van der Waals surface area (Å²) >= 11 is 1.70. The van der Waals surface area contributed by atoms with E-state index in [1.807, 2.05) is 13.8 Å². The van der Waals surface area contributed by atoms with Gasteiger partial charge in [-0.15, -0.1) is 11.3 Å². The van der Waals surface area contributed by atoms with Crippen molar-refractivity contribution < 1.29 is 9.15 Å². The molecule has 1 saturated heterocycles. The summed E-state index contributed by atoms with van der Waals surface area (Å²) in [6.07, 6.45) is 0.0435. The van der Waals surface area contributed by atoms with E-state index in [-0.39, 0.29) is 11.5 Å². The van der Waals surface area contributed by atoms with Crippen molar-refractivity contribution in [3.63, 3.8) is 0 Å². The van der Waals surface area contributed by atoms with E-state index in [4.69, 9.17) is 14.1 Å². The van der Waals surface area contributed by atoms with E-state index >= 15 is 0 Å². The zero-order valence-corrected chi connectivity index (χ0v) is 15.4. The summed E-state index contributed by atoms with van der Waals surface area (Å²) in [5.74, 6) is 1.69. The lowest BCUT2D eigenvalue weighted by molar-refractivity contribution is -0.0353. The number of oxazole rings is 1. The third-order valence-electron chi connectivity index (χ3n) is 4.15. The van der Waals surface area contributed by atoms with Gasteiger partial charge in [0.05, 0.1) is 24.5 Å². The van der Waals surface area contributed by atoms with Crippen LogP contribution in [0.25, 0.3) is 0 Å². The van der Waals surface area contributed by atoms with Crippen molar-refractivity contribution in [1.29, 1.82) is 0 Å². The first-order chi connectivity index (χ1) is 10.8. The van der Waals surface area contributed by atoms with E-state index < -0.39 is 0 Å². The SMILES string of the molecule is Cc1nc(CN2CCOC(c3nc(C(C)(C)C)cs3)C2)oc1C. The fourth-order valence-corrected chi connectivity index (χ4v) is 3.66. The molecule has 23 heavy (non-hydrogen) atoms. The van der Waals surface area contributed by atoms with Crippen LogP contribution in [0.1, 0.15) is 54.9 Å². The summed E-state index contributed by atoms with van der Waals surface area (Å²) in [5, 5.41) is 3.22. The highest BCUT2D eigenvalue weighted by molar-refractivity contribution is 7.09. The molecular weight excluding hydrogens is 310 g/mol. The van der Waals surface area contributed by atoms with Crippen LogP contribution >= 0.6 is 11.3 Å². The Hall–Kier alpha value is -1.24. The summed E-state index contributed by atoms with van der Waals surface area (Å²) < 4.78 is 11.6. The van der Waals surface area contributed by atoms with Gasteiger partial charge in [-0.05, 0) is 13.8 Å². The molecule has 0 N–H and O–H groups in total. The molecule has 0 aromatic carbocycles. The normalized spacial score (nSPS) is 20.1. The molecule has 1 aliphatic heterocycles. The van der Waals surface area contributed by atoms with Crippen molar-refractivity contribution in [2.45, 2.75) is 52.7 Å². The number of thiazole rings is 1. The fraction of sp³-hybridized carbons (Fsp3) is 0.647. The van der Waals surface area contributed by atoms with Crippen LogP contribution in [-0.2, 0) is 16.7 Å². The molecule has 0 bridgehead atoms. The van der Waals surface area contributed by atoms with E-state index in [0.717, 1.165) is 47.7 Å². The summed E-state index contributed by atoms with van der Waals surface area (Å²) in [7, 11) is 0. The van der Waals surface area contributed by atoms with Gasteiger partial charge in [0.15, 0.2) is 0 Å². The molecule has 1 atom stereocenters. The average molecular weight is 335 g/mol. The zero-order chi connectivity index (χ0) is 16.6. The third-order valence-corrected chi connectivity index (χ3v) is 5.08. The number of hydrogen-bond donors (Lipinski definition) is 0. The van der Waals surface area contributed by atoms with Crippen LogP contribution in [0.2, 0.25) is 0 Å². The number of hydrogen-bond acceptors (Lipinski definition) is 6. The second kappa shape index (κ2) is 6.34. The van der Waals surface area contributed by atoms with Gasteiger partial charge in [-0.25, -0.2) is 9.97 Å². The van der Waals surface area contributed by atoms with E-state index in [0.29, 0.717) is 6.61 Å².